The molecule has 1 fully saturated rings. The van der Waals surface area contributed by atoms with Gasteiger partial charge >= 0.3 is 0 Å². The molecule has 1 amide bonds. The van der Waals surface area contributed by atoms with Gasteiger partial charge in [0, 0.05) is 31.5 Å². The molecule has 1 aliphatic carbocycles. The monoisotopic (exact) mass is 306 g/mol. The molecule has 4 nitrogen and oxygen atoms in total. The summed E-state index contributed by atoms with van der Waals surface area (Å²) in [6, 6.07) is 0. The van der Waals surface area contributed by atoms with Crippen molar-refractivity contribution in [3.8, 4) is 0 Å². The largest absolute Gasteiger partial charge is 0.378 e. The molecule has 0 radical (unpaired) electrons. The zero-order chi connectivity index (χ0) is 14.7. The van der Waals surface area contributed by atoms with Crippen molar-refractivity contribution < 1.29 is 9.53 Å². The van der Waals surface area contributed by atoms with Crippen LogP contribution >= 0.6 is 12.4 Å². The predicted molar refractivity (Wildman–Crippen MR) is 85.1 cm³/mol. The van der Waals surface area contributed by atoms with Crippen LogP contribution in [0.1, 0.15) is 53.9 Å². The number of nitrogens with zero attached hydrogens (tertiary/aromatic N) is 1. The number of unbranched alkanes of at least 4 members (excludes halogenated alkanes) is 1. The second-order valence-corrected chi connectivity index (χ2v) is 6.08. The van der Waals surface area contributed by atoms with Crippen molar-refractivity contribution in [2.24, 2.45) is 11.1 Å². The number of hydrogen-bond acceptors (Lipinski definition) is 3. The predicted octanol–water partition coefficient (Wildman–Crippen LogP) is 2.59. The summed E-state index contributed by atoms with van der Waals surface area (Å²) in [5.74, 6) is 0.0874. The summed E-state index contributed by atoms with van der Waals surface area (Å²) < 4.78 is 5.68. The average Bonchev–Trinajstić information content (AvgIpc) is 2.38. The molecule has 0 heterocycles. The number of nitrogens with two attached hydrogens (primary N) is 1. The lowest BCUT2D eigenvalue weighted by Crippen LogP contribution is -2.76. The summed E-state index contributed by atoms with van der Waals surface area (Å²) in [5.41, 5.74) is 5.36. The molecule has 5 heteroatoms. The van der Waals surface area contributed by atoms with Gasteiger partial charge in [-0.2, -0.15) is 0 Å². The van der Waals surface area contributed by atoms with E-state index in [1.807, 2.05) is 32.6 Å². The molecule has 2 unspecified atom stereocenters. The molecule has 0 spiro atoms. The summed E-state index contributed by atoms with van der Waals surface area (Å²) in [4.78, 5) is 14.6. The van der Waals surface area contributed by atoms with Gasteiger partial charge < -0.3 is 15.4 Å². The van der Waals surface area contributed by atoms with Crippen LogP contribution in [-0.4, -0.2) is 42.1 Å². The third kappa shape index (κ3) is 3.29. The summed E-state index contributed by atoms with van der Waals surface area (Å²) in [6.45, 7) is 12.4. The minimum Gasteiger partial charge on any atom is -0.378 e. The summed E-state index contributed by atoms with van der Waals surface area (Å²) in [7, 11) is 0. The number of halogens is 1. The fourth-order valence-electron chi connectivity index (χ4n) is 2.83. The summed E-state index contributed by atoms with van der Waals surface area (Å²) >= 11 is 0. The molecule has 2 atom stereocenters. The Hall–Kier alpha value is -0.320. The maximum Gasteiger partial charge on any atom is 0.243 e. The van der Waals surface area contributed by atoms with Gasteiger partial charge in [-0.15, -0.1) is 12.4 Å². The fourth-order valence-corrected chi connectivity index (χ4v) is 2.83. The van der Waals surface area contributed by atoms with Crippen LogP contribution in [0.3, 0.4) is 0 Å². The van der Waals surface area contributed by atoms with Gasteiger partial charge in [-0.1, -0.05) is 27.2 Å². The minimum absolute atomic E-state index is 0. The van der Waals surface area contributed by atoms with Crippen LogP contribution in [0, 0.1) is 5.41 Å². The maximum absolute atomic E-state index is 12.7. The van der Waals surface area contributed by atoms with Crippen molar-refractivity contribution in [2.75, 3.05) is 19.7 Å². The zero-order valence-electron chi connectivity index (χ0n) is 13.6. The fraction of sp³-hybridized carbons (Fsp3) is 0.933. The van der Waals surface area contributed by atoms with Gasteiger partial charge in [-0.3, -0.25) is 4.79 Å². The molecule has 0 aromatic heterocycles. The molecule has 2 N–H and O–H groups in total. The highest BCUT2D eigenvalue weighted by Crippen LogP contribution is 2.50. The van der Waals surface area contributed by atoms with E-state index in [1.54, 1.807) is 0 Å². The van der Waals surface area contributed by atoms with E-state index >= 15 is 0 Å². The van der Waals surface area contributed by atoms with E-state index in [0.717, 1.165) is 25.9 Å². The van der Waals surface area contributed by atoms with E-state index < -0.39 is 5.54 Å². The highest BCUT2D eigenvalue weighted by atomic mass is 35.5. The van der Waals surface area contributed by atoms with Crippen molar-refractivity contribution >= 4 is 18.3 Å². The Balaban J connectivity index is 0.00000361. The summed E-state index contributed by atoms with van der Waals surface area (Å²) in [6.07, 6.45) is 2.85. The second-order valence-electron chi connectivity index (χ2n) is 6.08. The molecule has 0 aromatic rings. The molecule has 1 aliphatic rings. The van der Waals surface area contributed by atoms with Crippen LogP contribution in [0.5, 0.6) is 0 Å². The van der Waals surface area contributed by atoms with Gasteiger partial charge in [-0.25, -0.2) is 0 Å². The third-order valence-corrected chi connectivity index (χ3v) is 4.66. The molecular weight excluding hydrogens is 276 g/mol. The van der Waals surface area contributed by atoms with Crippen molar-refractivity contribution in [1.29, 1.82) is 0 Å². The number of likely N-dealkylation sites (N-methyl/N-ethyl adjacent to an activating group) is 1. The minimum atomic E-state index is -0.767. The number of amides is 1. The Kier molecular flexibility index (Phi) is 7.50. The highest BCUT2D eigenvalue weighted by Gasteiger charge is 2.63. The first kappa shape index (κ1) is 19.7. The van der Waals surface area contributed by atoms with Gasteiger partial charge in [0.2, 0.25) is 5.91 Å². The highest BCUT2D eigenvalue weighted by molar-refractivity contribution is 5.88. The van der Waals surface area contributed by atoms with Crippen LogP contribution in [-0.2, 0) is 9.53 Å². The Bertz CT molecular complexity index is 323. The van der Waals surface area contributed by atoms with Crippen LogP contribution in [0.25, 0.3) is 0 Å². The molecule has 0 bridgehead atoms. The van der Waals surface area contributed by atoms with Crippen LogP contribution in [0.2, 0.25) is 0 Å². The van der Waals surface area contributed by atoms with Gasteiger partial charge in [-0.05, 0) is 20.3 Å². The van der Waals surface area contributed by atoms with E-state index in [0.29, 0.717) is 13.0 Å². The molecule has 0 aromatic carbocycles. The molecule has 0 saturated heterocycles. The van der Waals surface area contributed by atoms with Crippen molar-refractivity contribution in [3.63, 3.8) is 0 Å². The van der Waals surface area contributed by atoms with Gasteiger partial charge in [0.05, 0.1) is 6.10 Å². The van der Waals surface area contributed by atoms with Gasteiger partial charge in [0.15, 0.2) is 0 Å². The van der Waals surface area contributed by atoms with Gasteiger partial charge in [0.25, 0.3) is 0 Å². The molecule has 1 rings (SSSR count). The third-order valence-electron chi connectivity index (χ3n) is 4.66. The number of hydrogen-bond donors (Lipinski definition) is 1. The van der Waals surface area contributed by atoms with Crippen molar-refractivity contribution in [2.45, 2.75) is 65.5 Å². The molecule has 0 aliphatic heterocycles. The normalized spacial score (nSPS) is 27.4. The lowest BCUT2D eigenvalue weighted by Gasteiger charge is -2.58. The second kappa shape index (κ2) is 7.62. The Labute approximate surface area is 129 Å². The van der Waals surface area contributed by atoms with Crippen LogP contribution < -0.4 is 5.73 Å². The maximum atomic E-state index is 12.7. The number of ether oxygens (including phenoxy) is 1. The zero-order valence-corrected chi connectivity index (χ0v) is 14.4. The van der Waals surface area contributed by atoms with Crippen molar-refractivity contribution in [1.82, 2.24) is 4.90 Å². The SMILES string of the molecule is CCCCN(CC)C(=O)C1(N)CC(OCC)C1(C)C.Cl. The van der Waals surface area contributed by atoms with Gasteiger partial charge in [0.1, 0.15) is 5.54 Å². The summed E-state index contributed by atoms with van der Waals surface area (Å²) in [5, 5.41) is 0. The Morgan fingerprint density at radius 1 is 1.35 bits per heavy atom. The quantitative estimate of drug-likeness (QED) is 0.786. The van der Waals surface area contributed by atoms with E-state index in [1.165, 1.54) is 0 Å². The lowest BCUT2D eigenvalue weighted by atomic mass is 9.54. The Morgan fingerprint density at radius 2 is 1.95 bits per heavy atom. The smallest absolute Gasteiger partial charge is 0.243 e. The Morgan fingerprint density at radius 3 is 2.35 bits per heavy atom. The topological polar surface area (TPSA) is 55.6 Å². The van der Waals surface area contributed by atoms with Crippen molar-refractivity contribution in [3.05, 3.63) is 0 Å². The molecular formula is C15H31ClN2O2. The molecule has 20 heavy (non-hydrogen) atoms. The average molecular weight is 307 g/mol. The van der Waals surface area contributed by atoms with E-state index in [9.17, 15) is 4.79 Å². The first-order chi connectivity index (χ1) is 8.85. The number of carbonyl (C=O) groups is 1. The van der Waals surface area contributed by atoms with E-state index in [4.69, 9.17) is 10.5 Å². The first-order valence-electron chi connectivity index (χ1n) is 7.55. The number of rotatable bonds is 7. The van der Waals surface area contributed by atoms with Crippen LogP contribution in [0.15, 0.2) is 0 Å². The molecule has 120 valence electrons. The van der Waals surface area contributed by atoms with E-state index in [2.05, 4.69) is 6.92 Å². The first-order valence-corrected chi connectivity index (χ1v) is 7.55. The number of carbonyl (C=O) groups excluding carboxylic acids is 1. The standard InChI is InChI=1S/C15H30N2O2.ClH/c1-6-9-10-17(7-2)13(18)15(16)11-12(19-8-3)14(15,4)5;/h12H,6-11,16H2,1-5H3;1H. The molecule has 1 saturated carbocycles. The lowest BCUT2D eigenvalue weighted by molar-refractivity contribution is -0.179. The van der Waals surface area contributed by atoms with Crippen LogP contribution in [0.4, 0.5) is 0 Å². The van der Waals surface area contributed by atoms with E-state index in [-0.39, 0.29) is 29.8 Å².